The Kier molecular flexibility index (Phi) is 5.12. The number of rotatable bonds is 4. The molecule has 0 N–H and O–H groups in total. The van der Waals surface area contributed by atoms with Crippen molar-refractivity contribution in [2.45, 2.75) is 51.6 Å². The largest absolute Gasteiger partial charge is 0.435 e. The second kappa shape index (κ2) is 7.26. The number of alkyl halides is 2. The number of benzene rings is 1. The summed E-state index contributed by atoms with van der Waals surface area (Å²) in [6, 6.07) is 6.87. The Morgan fingerprint density at radius 1 is 0.955 bits per heavy atom. The molecule has 3 heteroatoms. The van der Waals surface area contributed by atoms with E-state index in [1.807, 2.05) is 12.1 Å². The van der Waals surface area contributed by atoms with Gasteiger partial charge >= 0.3 is 6.61 Å². The van der Waals surface area contributed by atoms with Crippen LogP contribution < -0.4 is 4.74 Å². The molecule has 0 aliphatic heterocycles. The van der Waals surface area contributed by atoms with Crippen LogP contribution in [-0.2, 0) is 0 Å². The summed E-state index contributed by atoms with van der Waals surface area (Å²) in [4.78, 5) is 0. The molecule has 0 aromatic heterocycles. The van der Waals surface area contributed by atoms with Gasteiger partial charge in [-0.3, -0.25) is 0 Å². The van der Waals surface area contributed by atoms with Crippen LogP contribution in [-0.4, -0.2) is 6.61 Å². The van der Waals surface area contributed by atoms with Gasteiger partial charge in [-0.1, -0.05) is 50.0 Å². The Hall–Kier alpha value is -1.38. The molecule has 1 nitrogen and oxygen atoms in total. The molecule has 0 heterocycles. The summed E-state index contributed by atoms with van der Waals surface area (Å²) in [7, 11) is 0. The van der Waals surface area contributed by atoms with Crippen molar-refractivity contribution in [3.8, 4) is 5.75 Å². The highest BCUT2D eigenvalue weighted by Gasteiger charge is 2.30. The van der Waals surface area contributed by atoms with Crippen LogP contribution in [0.25, 0.3) is 6.08 Å². The normalized spacial score (nSPS) is 28.8. The molecule has 0 saturated heterocycles. The van der Waals surface area contributed by atoms with Gasteiger partial charge in [-0.15, -0.1) is 0 Å². The lowest BCUT2D eigenvalue weighted by atomic mass is 9.67. The predicted octanol–water partition coefficient (Wildman–Crippen LogP) is 5.91. The van der Waals surface area contributed by atoms with E-state index in [2.05, 4.69) is 16.9 Å². The molecule has 2 saturated carbocycles. The minimum Gasteiger partial charge on any atom is -0.435 e. The molecule has 3 atom stereocenters. The van der Waals surface area contributed by atoms with Gasteiger partial charge < -0.3 is 4.74 Å². The van der Waals surface area contributed by atoms with E-state index < -0.39 is 6.61 Å². The lowest BCUT2D eigenvalue weighted by Crippen LogP contribution is -2.26. The molecule has 3 rings (SSSR count). The van der Waals surface area contributed by atoms with Crippen LogP contribution in [0.4, 0.5) is 8.78 Å². The lowest BCUT2D eigenvalue weighted by molar-refractivity contribution is -0.0498. The van der Waals surface area contributed by atoms with Gasteiger partial charge in [0.15, 0.2) is 0 Å². The lowest BCUT2D eigenvalue weighted by Gasteiger charge is -2.38. The van der Waals surface area contributed by atoms with Crippen molar-refractivity contribution in [1.82, 2.24) is 0 Å². The highest BCUT2D eigenvalue weighted by molar-refractivity contribution is 5.50. The number of ether oxygens (including phenoxy) is 1. The van der Waals surface area contributed by atoms with Gasteiger partial charge in [0.25, 0.3) is 0 Å². The van der Waals surface area contributed by atoms with Crippen LogP contribution in [0.15, 0.2) is 30.3 Å². The van der Waals surface area contributed by atoms with Crippen molar-refractivity contribution in [3.63, 3.8) is 0 Å². The van der Waals surface area contributed by atoms with E-state index in [9.17, 15) is 8.78 Å². The Labute approximate surface area is 131 Å². The Morgan fingerprint density at radius 2 is 1.68 bits per heavy atom. The van der Waals surface area contributed by atoms with Gasteiger partial charge in [0, 0.05) is 0 Å². The molecule has 0 amide bonds. The zero-order valence-corrected chi connectivity index (χ0v) is 12.9. The van der Waals surface area contributed by atoms with Gasteiger partial charge in [-0.05, 0) is 54.7 Å². The molecule has 22 heavy (non-hydrogen) atoms. The summed E-state index contributed by atoms with van der Waals surface area (Å²) in [5, 5.41) is 0. The molecular formula is C19H24F2O. The monoisotopic (exact) mass is 306 g/mol. The topological polar surface area (TPSA) is 9.23 Å². The molecule has 120 valence electrons. The first-order chi connectivity index (χ1) is 10.7. The predicted molar refractivity (Wildman–Crippen MR) is 84.9 cm³/mol. The van der Waals surface area contributed by atoms with E-state index in [-0.39, 0.29) is 5.75 Å². The third-order valence-electron chi connectivity index (χ3n) is 5.25. The summed E-state index contributed by atoms with van der Waals surface area (Å²) in [6.45, 7) is -2.76. The first kappa shape index (κ1) is 15.5. The standard InChI is InChI=1S/C19H24F2O/c20-19(21)22-18-11-8-14(9-12-18)5-6-15-7-10-16-3-1-2-4-17(16)13-15/h5-6,8-9,11-12,15-17,19H,1-4,7,10,13H2/b6-5+. The fourth-order valence-electron chi connectivity index (χ4n) is 4.09. The summed E-state index contributed by atoms with van der Waals surface area (Å²) in [5.74, 6) is 2.80. The van der Waals surface area contributed by atoms with Crippen molar-refractivity contribution in [2.24, 2.45) is 17.8 Å². The molecule has 0 radical (unpaired) electrons. The van der Waals surface area contributed by atoms with Crippen LogP contribution in [0.3, 0.4) is 0 Å². The Morgan fingerprint density at radius 3 is 2.41 bits per heavy atom. The first-order valence-corrected chi connectivity index (χ1v) is 8.44. The zero-order valence-electron chi connectivity index (χ0n) is 12.9. The van der Waals surface area contributed by atoms with Crippen molar-refractivity contribution in [3.05, 3.63) is 35.9 Å². The average Bonchev–Trinajstić information content (AvgIpc) is 2.53. The van der Waals surface area contributed by atoms with Crippen LogP contribution in [0.5, 0.6) is 5.75 Å². The summed E-state index contributed by atoms with van der Waals surface area (Å²) in [6.07, 6.45) is 14.1. The van der Waals surface area contributed by atoms with Crippen LogP contribution in [0.1, 0.15) is 50.5 Å². The molecule has 1 aromatic rings. The molecule has 2 fully saturated rings. The third kappa shape index (κ3) is 4.08. The Bertz CT molecular complexity index is 495. The molecule has 1 aromatic carbocycles. The van der Waals surface area contributed by atoms with E-state index in [1.54, 1.807) is 12.1 Å². The van der Waals surface area contributed by atoms with E-state index in [1.165, 1.54) is 44.9 Å². The third-order valence-corrected chi connectivity index (χ3v) is 5.25. The van der Waals surface area contributed by atoms with Crippen LogP contribution in [0, 0.1) is 17.8 Å². The van der Waals surface area contributed by atoms with Gasteiger partial charge in [0.05, 0.1) is 0 Å². The smallest absolute Gasteiger partial charge is 0.387 e. The van der Waals surface area contributed by atoms with Crippen molar-refractivity contribution in [1.29, 1.82) is 0 Å². The van der Waals surface area contributed by atoms with E-state index in [0.717, 1.165) is 17.4 Å². The maximum absolute atomic E-state index is 12.1. The minimum atomic E-state index is -2.76. The summed E-state index contributed by atoms with van der Waals surface area (Å²) < 4.78 is 28.6. The second-order valence-corrected chi connectivity index (χ2v) is 6.68. The van der Waals surface area contributed by atoms with Crippen molar-refractivity contribution >= 4 is 6.08 Å². The number of hydrogen-bond acceptors (Lipinski definition) is 1. The van der Waals surface area contributed by atoms with Gasteiger partial charge in [-0.25, -0.2) is 0 Å². The zero-order chi connectivity index (χ0) is 15.4. The Balaban J connectivity index is 1.55. The molecular weight excluding hydrogens is 282 g/mol. The maximum atomic E-state index is 12.1. The first-order valence-electron chi connectivity index (χ1n) is 8.44. The quantitative estimate of drug-likeness (QED) is 0.672. The molecule has 0 bridgehead atoms. The van der Waals surface area contributed by atoms with E-state index >= 15 is 0 Å². The van der Waals surface area contributed by atoms with E-state index in [0.29, 0.717) is 5.92 Å². The SMILES string of the molecule is FC(F)Oc1ccc(/C=C/C2CCC3CCCCC3C2)cc1. The molecule has 0 spiro atoms. The number of halogens is 2. The molecule has 2 aliphatic rings. The number of allylic oxidation sites excluding steroid dienone is 1. The molecule has 2 aliphatic carbocycles. The number of fused-ring (bicyclic) bond motifs is 1. The fraction of sp³-hybridized carbons (Fsp3) is 0.579. The van der Waals surface area contributed by atoms with Crippen molar-refractivity contribution < 1.29 is 13.5 Å². The van der Waals surface area contributed by atoms with Gasteiger partial charge in [-0.2, -0.15) is 8.78 Å². The summed E-state index contributed by atoms with van der Waals surface area (Å²) in [5.41, 5.74) is 1.05. The average molecular weight is 306 g/mol. The van der Waals surface area contributed by atoms with Crippen LogP contribution in [0.2, 0.25) is 0 Å². The highest BCUT2D eigenvalue weighted by atomic mass is 19.3. The van der Waals surface area contributed by atoms with Crippen LogP contribution >= 0.6 is 0 Å². The minimum absolute atomic E-state index is 0.217. The second-order valence-electron chi connectivity index (χ2n) is 6.68. The molecule has 3 unspecified atom stereocenters. The fourth-order valence-corrected chi connectivity index (χ4v) is 4.09. The maximum Gasteiger partial charge on any atom is 0.387 e. The van der Waals surface area contributed by atoms with Gasteiger partial charge in [0.2, 0.25) is 0 Å². The van der Waals surface area contributed by atoms with Gasteiger partial charge in [0.1, 0.15) is 5.75 Å². The van der Waals surface area contributed by atoms with Crippen molar-refractivity contribution in [2.75, 3.05) is 0 Å². The summed E-state index contributed by atoms with van der Waals surface area (Å²) >= 11 is 0. The number of hydrogen-bond donors (Lipinski definition) is 0. The highest BCUT2D eigenvalue weighted by Crippen LogP contribution is 2.43. The van der Waals surface area contributed by atoms with E-state index in [4.69, 9.17) is 0 Å².